The van der Waals surface area contributed by atoms with E-state index in [1.807, 2.05) is 12.1 Å². The second-order valence-electron chi connectivity index (χ2n) is 3.30. The Morgan fingerprint density at radius 3 is 2.88 bits per heavy atom. The molecule has 5 heteroatoms. The number of nitrogens with zero attached hydrogens (tertiary/aromatic N) is 2. The largest absolute Gasteiger partial charge is 0.311 e. The van der Waals surface area contributed by atoms with Crippen molar-refractivity contribution in [2.24, 2.45) is 0 Å². The molecule has 0 aliphatic heterocycles. The Morgan fingerprint density at radius 2 is 2.19 bits per heavy atom. The molecule has 2 rings (SSSR count). The molecule has 0 saturated carbocycles. The van der Waals surface area contributed by atoms with E-state index >= 15 is 0 Å². The van der Waals surface area contributed by atoms with Crippen LogP contribution >= 0.6 is 0 Å². The van der Waals surface area contributed by atoms with Crippen LogP contribution in [-0.2, 0) is 4.79 Å². The van der Waals surface area contributed by atoms with E-state index in [1.54, 1.807) is 25.4 Å². The summed E-state index contributed by atoms with van der Waals surface area (Å²) in [5, 5.41) is 9.58. The fourth-order valence-electron chi connectivity index (χ4n) is 1.29. The molecule has 0 radical (unpaired) electrons. The van der Waals surface area contributed by atoms with E-state index in [-0.39, 0.29) is 5.91 Å². The first-order valence-electron chi connectivity index (χ1n) is 5.05. The smallest absolute Gasteiger partial charge is 0.225 e. The third kappa shape index (κ3) is 2.25. The van der Waals surface area contributed by atoms with Crippen LogP contribution in [0.25, 0.3) is 11.3 Å². The van der Waals surface area contributed by atoms with E-state index in [0.29, 0.717) is 12.2 Å². The number of anilines is 1. The van der Waals surface area contributed by atoms with E-state index < -0.39 is 0 Å². The normalized spacial score (nSPS) is 10.1. The van der Waals surface area contributed by atoms with Crippen LogP contribution in [0, 0.1) is 0 Å². The molecule has 5 nitrogen and oxygen atoms in total. The molecule has 2 N–H and O–H groups in total. The number of nitrogens with one attached hydrogen (secondary N) is 2. The van der Waals surface area contributed by atoms with Gasteiger partial charge in [-0.15, -0.1) is 0 Å². The summed E-state index contributed by atoms with van der Waals surface area (Å²) in [6.07, 6.45) is 3.85. The number of hydrogen-bond acceptors (Lipinski definition) is 3. The quantitative estimate of drug-likeness (QED) is 0.822. The van der Waals surface area contributed by atoms with Crippen molar-refractivity contribution in [3.05, 3.63) is 30.6 Å². The summed E-state index contributed by atoms with van der Waals surface area (Å²) in [6.45, 7) is 1.80. The van der Waals surface area contributed by atoms with Gasteiger partial charge in [-0.3, -0.25) is 14.9 Å². The van der Waals surface area contributed by atoms with Crippen molar-refractivity contribution in [1.82, 2.24) is 15.2 Å². The number of aromatic nitrogens is 3. The highest BCUT2D eigenvalue weighted by atomic mass is 16.1. The molecule has 0 fully saturated rings. The number of aromatic amines is 1. The highest BCUT2D eigenvalue weighted by Crippen LogP contribution is 2.18. The second-order valence-corrected chi connectivity index (χ2v) is 3.30. The van der Waals surface area contributed by atoms with Crippen molar-refractivity contribution in [3.8, 4) is 11.3 Å². The Bertz CT molecular complexity index is 478. The lowest BCUT2D eigenvalue weighted by Gasteiger charge is -1.96. The van der Waals surface area contributed by atoms with Crippen molar-refractivity contribution in [2.75, 3.05) is 5.32 Å². The van der Waals surface area contributed by atoms with E-state index in [4.69, 9.17) is 0 Å². The minimum atomic E-state index is -0.0371. The Kier molecular flexibility index (Phi) is 2.95. The minimum Gasteiger partial charge on any atom is -0.311 e. The topological polar surface area (TPSA) is 70.7 Å². The van der Waals surface area contributed by atoms with Crippen molar-refractivity contribution in [1.29, 1.82) is 0 Å². The summed E-state index contributed by atoms with van der Waals surface area (Å²) in [5.74, 6) is 0.573. The van der Waals surface area contributed by atoms with Crippen LogP contribution in [0.5, 0.6) is 0 Å². The number of rotatable bonds is 3. The number of H-pyrrole nitrogens is 1. The van der Waals surface area contributed by atoms with Gasteiger partial charge in [-0.05, 0) is 12.1 Å². The molecule has 0 aliphatic rings. The summed E-state index contributed by atoms with van der Waals surface area (Å²) in [4.78, 5) is 15.1. The highest BCUT2D eigenvalue weighted by Gasteiger charge is 2.05. The van der Waals surface area contributed by atoms with Crippen LogP contribution in [0.4, 0.5) is 5.82 Å². The molecule has 0 bridgehead atoms. The number of hydrogen-bond donors (Lipinski definition) is 2. The Morgan fingerprint density at radius 1 is 1.44 bits per heavy atom. The highest BCUT2D eigenvalue weighted by molar-refractivity contribution is 5.90. The van der Waals surface area contributed by atoms with Crippen LogP contribution < -0.4 is 5.32 Å². The summed E-state index contributed by atoms with van der Waals surface area (Å²) in [6, 6.07) is 5.52. The fourth-order valence-corrected chi connectivity index (χ4v) is 1.29. The minimum absolute atomic E-state index is 0.0371. The van der Waals surface area contributed by atoms with E-state index in [9.17, 15) is 4.79 Å². The van der Waals surface area contributed by atoms with Gasteiger partial charge >= 0.3 is 0 Å². The van der Waals surface area contributed by atoms with Crippen molar-refractivity contribution >= 4 is 11.7 Å². The van der Waals surface area contributed by atoms with Gasteiger partial charge in [-0.1, -0.05) is 6.92 Å². The molecule has 2 aromatic heterocycles. The SMILES string of the molecule is CCC(=O)Nc1cc(-c2ccncc2)n[nH]1. The zero-order valence-corrected chi connectivity index (χ0v) is 8.90. The van der Waals surface area contributed by atoms with Gasteiger partial charge < -0.3 is 5.32 Å². The molecule has 2 aromatic rings. The van der Waals surface area contributed by atoms with Gasteiger partial charge in [0.2, 0.25) is 5.91 Å². The van der Waals surface area contributed by atoms with E-state index in [0.717, 1.165) is 11.3 Å². The summed E-state index contributed by atoms with van der Waals surface area (Å²) < 4.78 is 0. The maximum Gasteiger partial charge on any atom is 0.225 e. The Hall–Kier alpha value is -2.17. The van der Waals surface area contributed by atoms with Gasteiger partial charge in [0.1, 0.15) is 5.82 Å². The van der Waals surface area contributed by atoms with Crippen LogP contribution in [-0.4, -0.2) is 21.1 Å². The van der Waals surface area contributed by atoms with Crippen LogP contribution in [0.3, 0.4) is 0 Å². The lowest BCUT2D eigenvalue weighted by molar-refractivity contribution is -0.115. The van der Waals surface area contributed by atoms with Gasteiger partial charge in [0.25, 0.3) is 0 Å². The van der Waals surface area contributed by atoms with Crippen LogP contribution in [0.2, 0.25) is 0 Å². The summed E-state index contributed by atoms with van der Waals surface area (Å²) >= 11 is 0. The van der Waals surface area contributed by atoms with Gasteiger partial charge in [0.05, 0.1) is 5.69 Å². The zero-order chi connectivity index (χ0) is 11.4. The second kappa shape index (κ2) is 4.57. The van der Waals surface area contributed by atoms with E-state index in [2.05, 4.69) is 20.5 Å². The summed E-state index contributed by atoms with van der Waals surface area (Å²) in [7, 11) is 0. The number of carbonyl (C=O) groups excluding carboxylic acids is 1. The number of pyridine rings is 1. The first-order valence-corrected chi connectivity index (χ1v) is 5.05. The third-order valence-corrected chi connectivity index (χ3v) is 2.15. The number of carbonyl (C=O) groups is 1. The molecule has 0 aliphatic carbocycles. The van der Waals surface area contributed by atoms with Gasteiger partial charge in [-0.2, -0.15) is 5.10 Å². The first kappa shape index (κ1) is 10.4. The molecule has 0 unspecified atom stereocenters. The van der Waals surface area contributed by atoms with Crippen molar-refractivity contribution < 1.29 is 4.79 Å². The molecule has 0 aromatic carbocycles. The molecule has 0 saturated heterocycles. The molecule has 2 heterocycles. The van der Waals surface area contributed by atoms with Gasteiger partial charge in [0, 0.05) is 30.4 Å². The average molecular weight is 216 g/mol. The lowest BCUT2D eigenvalue weighted by atomic mass is 10.2. The molecule has 1 amide bonds. The number of amides is 1. The van der Waals surface area contributed by atoms with E-state index in [1.165, 1.54) is 0 Å². The van der Waals surface area contributed by atoms with Crippen molar-refractivity contribution in [3.63, 3.8) is 0 Å². The maximum atomic E-state index is 11.2. The van der Waals surface area contributed by atoms with Crippen LogP contribution in [0.15, 0.2) is 30.6 Å². The molecule has 0 spiro atoms. The molecule has 82 valence electrons. The fraction of sp³-hybridized carbons (Fsp3) is 0.182. The third-order valence-electron chi connectivity index (χ3n) is 2.15. The zero-order valence-electron chi connectivity index (χ0n) is 8.90. The molecular formula is C11H12N4O. The van der Waals surface area contributed by atoms with Crippen LogP contribution in [0.1, 0.15) is 13.3 Å². The Labute approximate surface area is 92.9 Å². The summed E-state index contributed by atoms with van der Waals surface area (Å²) in [5.41, 5.74) is 1.75. The predicted octanol–water partition coefficient (Wildman–Crippen LogP) is 1.82. The van der Waals surface area contributed by atoms with Gasteiger partial charge in [0.15, 0.2) is 0 Å². The molecular weight excluding hydrogens is 204 g/mol. The lowest BCUT2D eigenvalue weighted by Crippen LogP contribution is -2.09. The first-order chi connectivity index (χ1) is 7.79. The predicted molar refractivity (Wildman–Crippen MR) is 60.7 cm³/mol. The Balaban J connectivity index is 2.17. The molecule has 0 atom stereocenters. The molecule has 16 heavy (non-hydrogen) atoms. The average Bonchev–Trinajstić information content (AvgIpc) is 2.78. The van der Waals surface area contributed by atoms with Crippen molar-refractivity contribution in [2.45, 2.75) is 13.3 Å². The maximum absolute atomic E-state index is 11.2. The monoisotopic (exact) mass is 216 g/mol. The van der Waals surface area contributed by atoms with Gasteiger partial charge in [-0.25, -0.2) is 0 Å². The standard InChI is InChI=1S/C11H12N4O/c1-2-11(16)13-10-7-9(14-15-10)8-3-5-12-6-4-8/h3-7H,2H2,1H3,(H2,13,14,15,16).